The SMILES string of the molecule is Cc1nc(CCN2CCN(CC3CCN(c4ccc5c(c4)C(=O)N(C4CCC(=O)NC4=O)C5=O)CC3)CC2)sc1-c1cnc(N)c(O[C@H](C)c2cc(F)ccc2-n2nccn2)c1. The number of imide groups is 2. The third kappa shape index (κ3) is 8.41. The molecule has 2 atom stereocenters. The van der Waals surface area contributed by atoms with Gasteiger partial charge >= 0.3 is 0 Å². The summed E-state index contributed by atoms with van der Waals surface area (Å²) in [6.45, 7) is 11.5. The van der Waals surface area contributed by atoms with E-state index in [0.717, 1.165) is 103 Å². The number of ether oxygens (including phenoxy) is 1. The number of carbonyl (C=O) groups is 4. The van der Waals surface area contributed by atoms with Gasteiger partial charge in [-0.2, -0.15) is 15.0 Å². The van der Waals surface area contributed by atoms with Crippen molar-refractivity contribution < 1.29 is 28.3 Å². The number of hydrogen-bond donors (Lipinski definition) is 2. The van der Waals surface area contributed by atoms with Gasteiger partial charge < -0.3 is 25.2 Å². The van der Waals surface area contributed by atoms with E-state index in [2.05, 4.69) is 35.2 Å². The summed E-state index contributed by atoms with van der Waals surface area (Å²) >= 11 is 1.65. The molecule has 16 nitrogen and oxygen atoms in total. The van der Waals surface area contributed by atoms with Gasteiger partial charge in [-0.1, -0.05) is 0 Å². The standard InChI is InChI=1S/C44H48FN11O5S/c1-26-40(29-21-37(41(46)47-24-29)61-27(2)33-22-30(45)3-6-35(33)56-48-12-13-49-56)62-39(50-26)11-14-52-17-19-53(20-18-52)25-28-9-15-54(16-10-28)31-4-5-32-34(23-31)44(60)55(43(32)59)36-7-8-38(57)51-42(36)58/h3-6,12-13,21-24,27-28,36H,7-11,14-20,25H2,1-2H3,(H2,46,47)(H,51,57,58)/t27-,36?/m1/s1. The van der Waals surface area contributed by atoms with Crippen LogP contribution in [0.3, 0.4) is 0 Å². The maximum Gasteiger partial charge on any atom is 0.262 e. The Morgan fingerprint density at radius 1 is 0.919 bits per heavy atom. The van der Waals surface area contributed by atoms with Crippen LogP contribution in [0.4, 0.5) is 15.9 Å². The first-order valence-electron chi connectivity index (χ1n) is 21.1. The molecule has 1 unspecified atom stereocenters. The second-order valence-electron chi connectivity index (χ2n) is 16.4. The predicted molar refractivity (Wildman–Crippen MR) is 229 cm³/mol. The number of carbonyl (C=O) groups excluding carboxylic acids is 4. The van der Waals surface area contributed by atoms with Crippen molar-refractivity contribution in [3.8, 4) is 21.9 Å². The van der Waals surface area contributed by atoms with Crippen LogP contribution in [-0.4, -0.2) is 122 Å². The Labute approximate surface area is 361 Å². The first-order chi connectivity index (χ1) is 30.0. The summed E-state index contributed by atoms with van der Waals surface area (Å²) < 4.78 is 20.7. The van der Waals surface area contributed by atoms with E-state index in [1.165, 1.54) is 16.9 Å². The smallest absolute Gasteiger partial charge is 0.262 e. The largest absolute Gasteiger partial charge is 0.482 e. The number of piperazine rings is 1. The first-order valence-corrected chi connectivity index (χ1v) is 21.9. The van der Waals surface area contributed by atoms with E-state index >= 15 is 0 Å². The maximum absolute atomic E-state index is 14.4. The van der Waals surface area contributed by atoms with Gasteiger partial charge in [0.2, 0.25) is 11.8 Å². The number of pyridine rings is 1. The molecule has 18 heteroatoms. The molecule has 3 saturated heterocycles. The zero-order chi connectivity index (χ0) is 43.1. The van der Waals surface area contributed by atoms with Gasteiger partial charge in [-0.25, -0.2) is 14.4 Å². The monoisotopic (exact) mass is 861 g/mol. The van der Waals surface area contributed by atoms with E-state index in [0.29, 0.717) is 34.0 Å². The van der Waals surface area contributed by atoms with Crippen molar-refractivity contribution in [2.45, 2.75) is 58.1 Å². The molecule has 0 saturated carbocycles. The van der Waals surface area contributed by atoms with Gasteiger partial charge in [0.1, 0.15) is 18.0 Å². The predicted octanol–water partition coefficient (Wildman–Crippen LogP) is 4.43. The maximum atomic E-state index is 14.4. The second kappa shape index (κ2) is 17.3. The van der Waals surface area contributed by atoms with Crippen LogP contribution in [0.1, 0.15) is 75.7 Å². The highest BCUT2D eigenvalue weighted by Crippen LogP contribution is 2.37. The molecular formula is C44H48FN11O5S. The summed E-state index contributed by atoms with van der Waals surface area (Å²) in [5, 5.41) is 11.7. The average Bonchev–Trinajstić information content (AvgIpc) is 4.00. The van der Waals surface area contributed by atoms with Gasteiger partial charge in [-0.15, -0.1) is 11.3 Å². The normalized spacial score (nSPS) is 19.6. The molecule has 0 bridgehead atoms. The van der Waals surface area contributed by atoms with Crippen LogP contribution in [0.5, 0.6) is 5.75 Å². The van der Waals surface area contributed by atoms with E-state index in [9.17, 15) is 23.6 Å². The molecule has 4 aliphatic heterocycles. The minimum atomic E-state index is -0.971. The third-order valence-corrected chi connectivity index (χ3v) is 13.6. The van der Waals surface area contributed by atoms with Crippen molar-refractivity contribution >= 4 is 46.5 Å². The zero-order valence-corrected chi connectivity index (χ0v) is 35.4. The summed E-state index contributed by atoms with van der Waals surface area (Å²) in [5.74, 6) is -1.15. The lowest BCUT2D eigenvalue weighted by Gasteiger charge is -2.39. The molecule has 322 valence electrons. The van der Waals surface area contributed by atoms with Crippen LogP contribution in [0.25, 0.3) is 16.1 Å². The second-order valence-corrected chi connectivity index (χ2v) is 17.5. The number of fused-ring (bicyclic) bond motifs is 1. The van der Waals surface area contributed by atoms with Crippen LogP contribution in [-0.2, 0) is 16.0 Å². The fourth-order valence-corrected chi connectivity index (χ4v) is 10.0. The average molecular weight is 862 g/mol. The number of amides is 4. The van der Waals surface area contributed by atoms with Crippen LogP contribution in [0.15, 0.2) is 61.1 Å². The molecule has 7 heterocycles. The molecule has 4 amide bonds. The van der Waals surface area contributed by atoms with Crippen LogP contribution in [0, 0.1) is 18.7 Å². The van der Waals surface area contributed by atoms with Gasteiger partial charge in [-0.05, 0) is 81.5 Å². The number of nitrogens with one attached hydrogen (secondary N) is 1. The van der Waals surface area contributed by atoms with Crippen LogP contribution < -0.4 is 20.7 Å². The number of nitrogens with two attached hydrogens (primary N) is 1. The molecular weight excluding hydrogens is 814 g/mol. The summed E-state index contributed by atoms with van der Waals surface area (Å²) in [4.78, 5) is 70.8. The van der Waals surface area contributed by atoms with Gasteiger partial charge in [0, 0.05) is 88.2 Å². The number of thiazole rings is 1. The number of halogens is 1. The minimum Gasteiger partial charge on any atom is -0.482 e. The Bertz CT molecular complexity index is 2520. The Morgan fingerprint density at radius 3 is 2.42 bits per heavy atom. The summed E-state index contributed by atoms with van der Waals surface area (Å²) in [5.41, 5.74) is 10.7. The molecule has 3 fully saturated rings. The highest BCUT2D eigenvalue weighted by molar-refractivity contribution is 7.15. The number of anilines is 2. The van der Waals surface area contributed by atoms with E-state index in [-0.39, 0.29) is 18.7 Å². The molecule has 0 radical (unpaired) electrons. The lowest BCUT2D eigenvalue weighted by atomic mass is 9.95. The number of nitrogens with zero attached hydrogens (tertiary/aromatic N) is 9. The van der Waals surface area contributed by atoms with Gasteiger partial charge in [0.15, 0.2) is 11.6 Å². The number of rotatable bonds is 12. The molecule has 3 aromatic heterocycles. The Hall–Kier alpha value is -6.11. The van der Waals surface area contributed by atoms with Crippen LogP contribution in [0.2, 0.25) is 0 Å². The van der Waals surface area contributed by atoms with E-state index in [1.807, 2.05) is 26.0 Å². The van der Waals surface area contributed by atoms with Crippen molar-refractivity contribution in [3.05, 3.63) is 94.3 Å². The quantitative estimate of drug-likeness (QED) is 0.168. The van der Waals surface area contributed by atoms with E-state index in [1.54, 1.807) is 48.1 Å². The Morgan fingerprint density at radius 2 is 1.66 bits per heavy atom. The van der Waals surface area contributed by atoms with E-state index in [4.69, 9.17) is 15.5 Å². The van der Waals surface area contributed by atoms with Gasteiger partial charge in [0.25, 0.3) is 11.8 Å². The summed E-state index contributed by atoms with van der Waals surface area (Å²) in [7, 11) is 0. The van der Waals surface area contributed by atoms with Crippen LogP contribution >= 0.6 is 11.3 Å². The number of benzene rings is 2. The molecule has 62 heavy (non-hydrogen) atoms. The summed E-state index contributed by atoms with van der Waals surface area (Å²) in [6.07, 6.45) is 7.42. The number of hydrogen-bond acceptors (Lipinski definition) is 14. The van der Waals surface area contributed by atoms with Gasteiger partial charge in [0.05, 0.1) is 44.8 Å². The Kier molecular flexibility index (Phi) is 11.5. The number of nitrogen functional groups attached to an aromatic ring is 1. The van der Waals surface area contributed by atoms with E-state index < -0.39 is 41.6 Å². The number of aromatic nitrogens is 5. The van der Waals surface area contributed by atoms with Crippen molar-refractivity contribution in [2.75, 3.05) is 63.0 Å². The molecule has 9 rings (SSSR count). The molecule has 4 aliphatic rings. The lowest BCUT2D eigenvalue weighted by molar-refractivity contribution is -0.136. The highest BCUT2D eigenvalue weighted by atomic mass is 32.1. The fourth-order valence-electron chi connectivity index (χ4n) is 8.97. The first kappa shape index (κ1) is 41.3. The zero-order valence-electron chi connectivity index (χ0n) is 34.6. The van der Waals surface area contributed by atoms with Gasteiger partial charge in [-0.3, -0.25) is 29.4 Å². The molecule has 5 aromatic rings. The highest BCUT2D eigenvalue weighted by Gasteiger charge is 2.45. The van der Waals surface area contributed by atoms with Crippen molar-refractivity contribution in [1.29, 1.82) is 0 Å². The molecule has 0 aliphatic carbocycles. The fraction of sp³-hybridized carbons (Fsp3) is 0.409. The van der Waals surface area contributed by atoms with Crippen molar-refractivity contribution in [1.82, 2.24) is 45.0 Å². The number of aryl methyl sites for hydroxylation is 1. The topological polar surface area (TPSA) is 185 Å². The lowest BCUT2D eigenvalue weighted by Crippen LogP contribution is -2.54. The molecule has 3 N–H and O–H groups in total. The molecule has 2 aromatic carbocycles. The van der Waals surface area contributed by atoms with Crippen molar-refractivity contribution in [2.24, 2.45) is 5.92 Å². The molecule has 0 spiro atoms. The van der Waals surface area contributed by atoms with Crippen molar-refractivity contribution in [3.63, 3.8) is 0 Å². The number of piperidine rings is 2. The Balaban J connectivity index is 0.740. The third-order valence-electron chi connectivity index (χ3n) is 12.4. The summed E-state index contributed by atoms with van der Waals surface area (Å²) in [6, 6.07) is 10.7. The minimum absolute atomic E-state index is 0.0930.